The number of rotatable bonds is 9. The van der Waals surface area contributed by atoms with Gasteiger partial charge in [0.25, 0.3) is 0 Å². The van der Waals surface area contributed by atoms with Crippen LogP contribution in [0.3, 0.4) is 0 Å². The van der Waals surface area contributed by atoms with Gasteiger partial charge in [0.05, 0.1) is 11.0 Å². The van der Waals surface area contributed by atoms with Gasteiger partial charge in [-0.25, -0.2) is 0 Å². The number of para-hydroxylation sites is 2. The predicted octanol–water partition coefficient (Wildman–Crippen LogP) is 18.4. The molecule has 0 aliphatic heterocycles. The molecule has 0 N–H and O–H groups in total. The first-order valence-corrected chi connectivity index (χ1v) is 23.3. The number of nitrogens with zero attached hydrogens (tertiary/aromatic N) is 1. The van der Waals surface area contributed by atoms with Crippen molar-refractivity contribution in [1.29, 1.82) is 0 Å². The number of fused-ring (bicyclic) bond motifs is 7. The van der Waals surface area contributed by atoms with Gasteiger partial charge in [0.2, 0.25) is 0 Å². The first-order valence-electron chi connectivity index (χ1n) is 23.3. The number of hydrogen-bond acceptors (Lipinski definition) is 1. The number of aromatic nitrogens is 1. The van der Waals surface area contributed by atoms with Gasteiger partial charge in [-0.2, -0.15) is 0 Å². The molecule has 0 saturated heterocycles. The summed E-state index contributed by atoms with van der Waals surface area (Å²) in [5, 5.41) is 10.7. The monoisotopic (exact) mass is 869 g/mol. The first kappa shape index (κ1) is 40.8. The van der Waals surface area contributed by atoms with E-state index in [4.69, 9.17) is 4.42 Å². The maximum Gasteiger partial charge on any atom is 0.134 e. The zero-order chi connectivity index (χ0) is 45.9. The topological polar surface area (TPSA) is 18.1 Å². The third-order valence-corrected chi connectivity index (χ3v) is 13.9. The second-order valence-electron chi connectivity index (χ2n) is 17.6. The van der Waals surface area contributed by atoms with Crippen molar-refractivity contribution in [3.63, 3.8) is 0 Å². The van der Waals surface area contributed by atoms with Crippen LogP contribution >= 0.6 is 0 Å². The molecule has 2 heteroatoms. The van der Waals surface area contributed by atoms with Crippen molar-refractivity contribution in [3.05, 3.63) is 260 Å². The lowest BCUT2D eigenvalue weighted by Gasteiger charge is -2.22. The van der Waals surface area contributed by atoms with Crippen molar-refractivity contribution in [2.75, 3.05) is 0 Å². The summed E-state index contributed by atoms with van der Waals surface area (Å²) in [6.07, 6.45) is 10.2. The fourth-order valence-corrected chi connectivity index (χ4v) is 11.1. The smallest absolute Gasteiger partial charge is 0.134 e. The highest BCUT2D eigenvalue weighted by atomic mass is 16.3. The Balaban J connectivity index is 1.09. The van der Waals surface area contributed by atoms with E-state index in [0.29, 0.717) is 0 Å². The van der Waals surface area contributed by atoms with E-state index >= 15 is 0 Å². The van der Waals surface area contributed by atoms with Gasteiger partial charge in [0, 0.05) is 27.4 Å². The molecule has 0 fully saturated rings. The van der Waals surface area contributed by atoms with E-state index in [0.717, 1.165) is 66.8 Å². The van der Waals surface area contributed by atoms with E-state index in [1.807, 2.05) is 12.2 Å². The minimum atomic E-state index is 0.846. The van der Waals surface area contributed by atoms with Crippen LogP contribution in [0.1, 0.15) is 28.0 Å². The van der Waals surface area contributed by atoms with E-state index in [9.17, 15) is 0 Å². The van der Waals surface area contributed by atoms with Crippen LogP contribution in [0.2, 0.25) is 0 Å². The van der Waals surface area contributed by atoms with Crippen LogP contribution in [-0.2, 0) is 0 Å². The van der Waals surface area contributed by atoms with E-state index in [2.05, 4.69) is 244 Å². The van der Waals surface area contributed by atoms with Crippen molar-refractivity contribution in [3.8, 4) is 39.1 Å². The molecule has 0 radical (unpaired) electrons. The summed E-state index contributed by atoms with van der Waals surface area (Å²) in [5.74, 6) is 0.857. The second-order valence-corrected chi connectivity index (χ2v) is 17.6. The Bertz CT molecular complexity index is 4010. The van der Waals surface area contributed by atoms with Crippen LogP contribution in [-0.4, -0.2) is 4.57 Å². The number of aryl methyl sites for hydroxylation is 1. The van der Waals surface area contributed by atoms with Crippen LogP contribution < -0.4 is 0 Å². The van der Waals surface area contributed by atoms with Gasteiger partial charge in [-0.1, -0.05) is 195 Å². The molecule has 0 spiro atoms. The summed E-state index contributed by atoms with van der Waals surface area (Å²) in [5.41, 5.74) is 17.1. The molecule has 2 nitrogen and oxygen atoms in total. The maximum atomic E-state index is 6.74. The van der Waals surface area contributed by atoms with E-state index < -0.39 is 0 Å². The van der Waals surface area contributed by atoms with Crippen molar-refractivity contribution >= 4 is 76.7 Å². The van der Waals surface area contributed by atoms with Crippen LogP contribution in [0, 0.1) is 13.8 Å². The number of allylic oxidation sites excluding steroid dienone is 4. The molecule has 0 bridgehead atoms. The molecule has 68 heavy (non-hydrogen) atoms. The third-order valence-electron chi connectivity index (χ3n) is 13.9. The fraction of sp³-hybridized carbons (Fsp3) is 0.0303. The summed E-state index contributed by atoms with van der Waals surface area (Å²) < 4.78 is 9.11. The Kier molecular flexibility index (Phi) is 9.96. The molecule has 0 saturated carbocycles. The van der Waals surface area contributed by atoms with Gasteiger partial charge < -0.3 is 8.98 Å². The van der Waals surface area contributed by atoms with Gasteiger partial charge in [-0.15, -0.1) is 0 Å². The molecule has 0 atom stereocenters. The molecule has 0 amide bonds. The molecule has 2 aromatic heterocycles. The summed E-state index contributed by atoms with van der Waals surface area (Å²) in [6, 6.07) is 70.4. The highest BCUT2D eigenvalue weighted by Gasteiger charge is 2.25. The molecule has 12 rings (SSSR count). The molecule has 0 aliphatic carbocycles. The number of benzene rings is 10. The summed E-state index contributed by atoms with van der Waals surface area (Å²) in [4.78, 5) is 0. The minimum absolute atomic E-state index is 0.846. The molecule has 12 aromatic rings. The Labute approximate surface area is 396 Å². The molecular formula is C66H47NO. The third kappa shape index (κ3) is 6.41. The van der Waals surface area contributed by atoms with E-state index in [1.54, 1.807) is 0 Å². The summed E-state index contributed by atoms with van der Waals surface area (Å²) >= 11 is 0. The van der Waals surface area contributed by atoms with Crippen molar-refractivity contribution in [2.24, 2.45) is 0 Å². The molecule has 0 unspecified atom stereocenters. The molecule has 10 aromatic carbocycles. The van der Waals surface area contributed by atoms with Crippen LogP contribution in [0.4, 0.5) is 0 Å². The standard InChI is InChI=1S/C66H47NO/c1-5-7-27-48-42(3)62(50-29-14-15-30-51(50)65(48)45-36-38-60-57(40-45)49-28-20-21-35-59(49)67(60)47-25-12-9-13-26-47)56(22-6-2)63-43(4)68-61-39-37-46(41-58(61)63)66-54-33-18-16-31-52(54)64(44-23-10-8-11-24-44)53-32-17-19-34-55(53)66/h5-41H,1-2H2,3-4H3/b27-7-,56-22-. The predicted molar refractivity (Wildman–Crippen MR) is 292 cm³/mol. The summed E-state index contributed by atoms with van der Waals surface area (Å²) in [6.45, 7) is 12.8. The normalized spacial score (nSPS) is 12.1. The Morgan fingerprint density at radius 1 is 0.441 bits per heavy atom. The maximum absolute atomic E-state index is 6.74. The second kappa shape index (κ2) is 16.6. The Morgan fingerprint density at radius 3 is 1.60 bits per heavy atom. The van der Waals surface area contributed by atoms with Gasteiger partial charge in [0.15, 0.2) is 0 Å². The van der Waals surface area contributed by atoms with Crippen LogP contribution in [0.25, 0.3) is 116 Å². The van der Waals surface area contributed by atoms with Gasteiger partial charge >= 0.3 is 0 Å². The lowest BCUT2D eigenvalue weighted by molar-refractivity contribution is 0.577. The molecular weight excluding hydrogens is 823 g/mol. The van der Waals surface area contributed by atoms with Crippen LogP contribution in [0.5, 0.6) is 0 Å². The average Bonchev–Trinajstić information content (AvgIpc) is 3.90. The highest BCUT2D eigenvalue weighted by molar-refractivity contribution is 6.22. The van der Waals surface area contributed by atoms with Gasteiger partial charge in [-0.3, -0.25) is 0 Å². The van der Waals surface area contributed by atoms with Gasteiger partial charge in [-0.05, 0) is 144 Å². The Morgan fingerprint density at radius 2 is 0.956 bits per heavy atom. The first-order chi connectivity index (χ1) is 33.5. The Hall–Kier alpha value is -8.72. The SMILES string of the molecule is C=C/C=C\c1c(C)c(/C(=C/C=C)c2c(C)oc3ccc(-c4c5ccccc5c(-c5ccccc5)c5ccccc45)cc23)c2ccccc2c1-c1ccc2c(c1)c1ccccc1n2-c1ccccc1. The zero-order valence-electron chi connectivity index (χ0n) is 38.1. The van der Waals surface area contributed by atoms with E-state index in [1.165, 1.54) is 71.0 Å². The summed E-state index contributed by atoms with van der Waals surface area (Å²) in [7, 11) is 0. The van der Waals surface area contributed by atoms with Crippen molar-refractivity contribution < 1.29 is 4.42 Å². The quantitative estimate of drug-likeness (QED) is 0.104. The fourth-order valence-electron chi connectivity index (χ4n) is 11.1. The van der Waals surface area contributed by atoms with Crippen LogP contribution in [0.15, 0.2) is 236 Å². The van der Waals surface area contributed by atoms with Crippen molar-refractivity contribution in [2.45, 2.75) is 13.8 Å². The molecule has 2 heterocycles. The number of furan rings is 1. The van der Waals surface area contributed by atoms with E-state index in [-0.39, 0.29) is 0 Å². The minimum Gasteiger partial charge on any atom is -0.461 e. The molecule has 0 aliphatic rings. The van der Waals surface area contributed by atoms with Gasteiger partial charge in [0.1, 0.15) is 11.3 Å². The average molecular weight is 870 g/mol. The molecule has 322 valence electrons. The lowest BCUT2D eigenvalue weighted by Crippen LogP contribution is -2.00. The zero-order valence-corrected chi connectivity index (χ0v) is 38.1. The highest BCUT2D eigenvalue weighted by Crippen LogP contribution is 2.48. The largest absolute Gasteiger partial charge is 0.461 e. The lowest BCUT2D eigenvalue weighted by atomic mass is 9.81. The van der Waals surface area contributed by atoms with Crippen molar-refractivity contribution in [1.82, 2.24) is 4.57 Å². The number of hydrogen-bond donors (Lipinski definition) is 0.